The van der Waals surface area contributed by atoms with Crippen LogP contribution >= 0.6 is 15.9 Å². The fourth-order valence-electron chi connectivity index (χ4n) is 1.01. The van der Waals surface area contributed by atoms with Gasteiger partial charge in [0, 0.05) is 5.56 Å². The average Bonchev–Trinajstić information content (AvgIpc) is 2.17. The Morgan fingerprint density at radius 3 is 2.79 bits per heavy atom. The van der Waals surface area contributed by atoms with E-state index < -0.39 is 16.6 Å². The number of benzene rings is 1. The highest BCUT2D eigenvalue weighted by molar-refractivity contribution is 9.09. The lowest BCUT2D eigenvalue weighted by Gasteiger charge is -2.09. The Labute approximate surface area is 88.6 Å². The van der Waals surface area contributed by atoms with Crippen LogP contribution in [0.4, 0.5) is 4.39 Å². The van der Waals surface area contributed by atoms with Crippen molar-refractivity contribution in [2.45, 2.75) is 4.83 Å². The van der Waals surface area contributed by atoms with Crippen molar-refractivity contribution in [3.05, 3.63) is 29.6 Å². The summed E-state index contributed by atoms with van der Waals surface area (Å²) < 4.78 is 18.2. The van der Waals surface area contributed by atoms with Gasteiger partial charge in [-0.3, -0.25) is 4.79 Å². The molecule has 5 heteroatoms. The second-order valence-electron chi connectivity index (χ2n) is 2.56. The van der Waals surface area contributed by atoms with Crippen molar-refractivity contribution in [1.82, 2.24) is 0 Å². The lowest BCUT2D eigenvalue weighted by Crippen LogP contribution is -2.07. The molecule has 0 aliphatic carbocycles. The largest absolute Gasteiger partial charge is 0.494 e. The van der Waals surface area contributed by atoms with Crippen LogP contribution in [0, 0.1) is 5.82 Å². The molecule has 1 rings (SSSR count). The van der Waals surface area contributed by atoms with Crippen molar-refractivity contribution in [2.75, 3.05) is 7.11 Å². The Hall–Kier alpha value is -1.10. The second-order valence-corrected chi connectivity index (χ2v) is 3.48. The van der Waals surface area contributed by atoms with Gasteiger partial charge in [-0.2, -0.15) is 0 Å². The van der Waals surface area contributed by atoms with Crippen LogP contribution in [-0.4, -0.2) is 18.2 Å². The molecule has 0 aliphatic rings. The number of carbonyl (C=O) groups is 1. The Morgan fingerprint density at radius 2 is 2.29 bits per heavy atom. The number of hydrogen-bond donors (Lipinski definition) is 1. The van der Waals surface area contributed by atoms with Gasteiger partial charge in [0.05, 0.1) is 7.11 Å². The minimum Gasteiger partial charge on any atom is -0.494 e. The SMILES string of the molecule is COc1cccc(C(Br)C(=O)O)c1F. The Balaban J connectivity index is 3.15. The summed E-state index contributed by atoms with van der Waals surface area (Å²) in [7, 11) is 1.33. The molecule has 0 bridgehead atoms. The van der Waals surface area contributed by atoms with Gasteiger partial charge in [0.2, 0.25) is 0 Å². The summed E-state index contributed by atoms with van der Waals surface area (Å²) in [5.74, 6) is -1.76. The first-order valence-corrected chi connectivity index (χ1v) is 4.68. The van der Waals surface area contributed by atoms with Gasteiger partial charge in [-0.25, -0.2) is 4.39 Å². The van der Waals surface area contributed by atoms with Gasteiger partial charge in [-0.05, 0) is 6.07 Å². The van der Waals surface area contributed by atoms with E-state index in [0.29, 0.717) is 0 Å². The van der Waals surface area contributed by atoms with Crippen molar-refractivity contribution < 1.29 is 19.0 Å². The van der Waals surface area contributed by atoms with Crippen molar-refractivity contribution in [1.29, 1.82) is 0 Å². The standard InChI is InChI=1S/C9H8BrFO3/c1-14-6-4-2-3-5(8(6)11)7(10)9(12)13/h2-4,7H,1H3,(H,12,13). The Bertz CT molecular complexity index is 354. The number of carboxylic acids is 1. The third-order valence-corrected chi connectivity index (χ3v) is 2.59. The highest BCUT2D eigenvalue weighted by Crippen LogP contribution is 2.30. The third kappa shape index (κ3) is 2.04. The van der Waals surface area contributed by atoms with Gasteiger partial charge in [-0.15, -0.1) is 0 Å². The fraction of sp³-hybridized carbons (Fsp3) is 0.222. The maximum Gasteiger partial charge on any atom is 0.321 e. The summed E-state index contributed by atoms with van der Waals surface area (Å²) in [5, 5.41) is 8.67. The zero-order valence-corrected chi connectivity index (χ0v) is 8.92. The van der Waals surface area contributed by atoms with E-state index in [1.807, 2.05) is 0 Å². The first-order chi connectivity index (χ1) is 6.57. The monoisotopic (exact) mass is 262 g/mol. The molecule has 0 aliphatic heterocycles. The fourth-order valence-corrected chi connectivity index (χ4v) is 1.37. The number of rotatable bonds is 3. The predicted molar refractivity (Wildman–Crippen MR) is 52.3 cm³/mol. The van der Waals surface area contributed by atoms with Crippen molar-refractivity contribution in [2.24, 2.45) is 0 Å². The van der Waals surface area contributed by atoms with Crippen LogP contribution in [0.2, 0.25) is 0 Å². The molecule has 1 aromatic rings. The molecule has 1 aromatic carbocycles. The summed E-state index contributed by atoms with van der Waals surface area (Å²) in [6.45, 7) is 0. The quantitative estimate of drug-likeness (QED) is 0.851. The third-order valence-electron chi connectivity index (χ3n) is 1.70. The lowest BCUT2D eigenvalue weighted by molar-refractivity contribution is -0.136. The molecule has 1 atom stereocenters. The molecule has 0 heterocycles. The number of halogens is 2. The van der Waals surface area contributed by atoms with Crippen LogP contribution in [0.25, 0.3) is 0 Å². The van der Waals surface area contributed by atoms with E-state index in [1.165, 1.54) is 25.3 Å². The molecule has 0 radical (unpaired) electrons. The van der Waals surface area contributed by atoms with Crippen LogP contribution in [0.3, 0.4) is 0 Å². The zero-order chi connectivity index (χ0) is 10.7. The van der Waals surface area contributed by atoms with E-state index in [2.05, 4.69) is 15.9 Å². The molecule has 0 spiro atoms. The molecule has 0 amide bonds. The first-order valence-electron chi connectivity index (χ1n) is 3.77. The van der Waals surface area contributed by atoms with Gasteiger partial charge in [-0.1, -0.05) is 28.1 Å². The number of alkyl halides is 1. The Kier molecular flexibility index (Phi) is 3.46. The summed E-state index contributed by atoms with van der Waals surface area (Å²) in [6, 6.07) is 4.36. The van der Waals surface area contributed by atoms with E-state index in [-0.39, 0.29) is 11.3 Å². The maximum absolute atomic E-state index is 13.5. The maximum atomic E-state index is 13.5. The lowest BCUT2D eigenvalue weighted by atomic mass is 10.1. The van der Waals surface area contributed by atoms with E-state index in [1.54, 1.807) is 0 Å². The van der Waals surface area contributed by atoms with E-state index >= 15 is 0 Å². The summed E-state index contributed by atoms with van der Waals surface area (Å²) in [5.41, 5.74) is 0.0526. The first kappa shape index (κ1) is 11.0. The van der Waals surface area contributed by atoms with Crippen LogP contribution < -0.4 is 4.74 Å². The highest BCUT2D eigenvalue weighted by Gasteiger charge is 2.21. The van der Waals surface area contributed by atoms with Gasteiger partial charge in [0.1, 0.15) is 4.83 Å². The number of methoxy groups -OCH3 is 1. The normalized spacial score (nSPS) is 12.2. The molecule has 1 unspecified atom stereocenters. The van der Waals surface area contributed by atoms with Gasteiger partial charge >= 0.3 is 5.97 Å². The van der Waals surface area contributed by atoms with Crippen LogP contribution in [0.1, 0.15) is 10.4 Å². The number of aliphatic carboxylic acids is 1. The average molecular weight is 263 g/mol. The topological polar surface area (TPSA) is 46.5 Å². The van der Waals surface area contributed by atoms with Crippen molar-refractivity contribution in [3.63, 3.8) is 0 Å². The van der Waals surface area contributed by atoms with Crippen molar-refractivity contribution in [3.8, 4) is 5.75 Å². The molecule has 3 nitrogen and oxygen atoms in total. The molecule has 0 saturated carbocycles. The molecular formula is C9H8BrFO3. The molecule has 1 N–H and O–H groups in total. The van der Waals surface area contributed by atoms with Crippen molar-refractivity contribution >= 4 is 21.9 Å². The second kappa shape index (κ2) is 4.41. The van der Waals surface area contributed by atoms with Gasteiger partial charge < -0.3 is 9.84 Å². The van der Waals surface area contributed by atoms with E-state index in [0.717, 1.165) is 0 Å². The number of carboxylic acid groups (broad SMARTS) is 1. The molecular weight excluding hydrogens is 255 g/mol. The van der Waals surface area contributed by atoms with Crippen LogP contribution in [0.15, 0.2) is 18.2 Å². The number of hydrogen-bond acceptors (Lipinski definition) is 2. The summed E-state index contributed by atoms with van der Waals surface area (Å²) in [6.07, 6.45) is 0. The molecule has 76 valence electrons. The zero-order valence-electron chi connectivity index (χ0n) is 7.33. The van der Waals surface area contributed by atoms with Gasteiger partial charge in [0.15, 0.2) is 11.6 Å². The molecule has 0 fully saturated rings. The van der Waals surface area contributed by atoms with E-state index in [9.17, 15) is 9.18 Å². The van der Waals surface area contributed by atoms with E-state index in [4.69, 9.17) is 9.84 Å². The Morgan fingerprint density at radius 1 is 1.64 bits per heavy atom. The number of ether oxygens (including phenoxy) is 1. The minimum absolute atomic E-state index is 0.0354. The summed E-state index contributed by atoms with van der Waals surface area (Å²) >= 11 is 2.87. The molecule has 0 saturated heterocycles. The smallest absolute Gasteiger partial charge is 0.321 e. The summed E-state index contributed by atoms with van der Waals surface area (Å²) in [4.78, 5) is 9.54. The van der Waals surface area contributed by atoms with Gasteiger partial charge in [0.25, 0.3) is 0 Å². The minimum atomic E-state index is -1.14. The molecule has 0 aromatic heterocycles. The van der Waals surface area contributed by atoms with Crippen LogP contribution in [0.5, 0.6) is 5.75 Å². The van der Waals surface area contributed by atoms with Crippen LogP contribution in [-0.2, 0) is 4.79 Å². The highest BCUT2D eigenvalue weighted by atomic mass is 79.9. The predicted octanol–water partition coefficient (Wildman–Crippen LogP) is 2.35. The molecule has 14 heavy (non-hydrogen) atoms.